The van der Waals surface area contributed by atoms with E-state index in [9.17, 15) is 19.2 Å². The maximum absolute atomic E-state index is 13.2. The van der Waals surface area contributed by atoms with Crippen molar-refractivity contribution in [1.29, 1.82) is 0 Å². The van der Waals surface area contributed by atoms with Gasteiger partial charge in [-0.2, -0.15) is 0 Å². The molecule has 0 unspecified atom stereocenters. The van der Waals surface area contributed by atoms with Crippen molar-refractivity contribution in [2.75, 3.05) is 18.5 Å². The Morgan fingerprint density at radius 1 is 1.20 bits per heavy atom. The Morgan fingerprint density at radius 3 is 2.60 bits per heavy atom. The summed E-state index contributed by atoms with van der Waals surface area (Å²) in [4.78, 5) is 57.0. The second kappa shape index (κ2) is 9.89. The van der Waals surface area contributed by atoms with Gasteiger partial charge in [-0.05, 0) is 57.6 Å². The van der Waals surface area contributed by atoms with Crippen LogP contribution in [-0.2, 0) is 19.1 Å². The van der Waals surface area contributed by atoms with E-state index in [1.165, 1.54) is 0 Å². The van der Waals surface area contributed by atoms with Crippen molar-refractivity contribution in [1.82, 2.24) is 15.5 Å². The monoisotopic (exact) mass is 481 g/mol. The summed E-state index contributed by atoms with van der Waals surface area (Å²) < 4.78 is 5.18. The van der Waals surface area contributed by atoms with Crippen LogP contribution in [0.1, 0.15) is 52.9 Å². The van der Waals surface area contributed by atoms with Gasteiger partial charge in [-0.25, -0.2) is 14.6 Å². The average molecular weight is 482 g/mol. The number of amides is 4. The van der Waals surface area contributed by atoms with Crippen LogP contribution in [0.4, 0.5) is 16.2 Å². The molecule has 1 saturated heterocycles. The molecule has 35 heavy (non-hydrogen) atoms. The zero-order chi connectivity index (χ0) is 25.2. The largest absolute Gasteiger partial charge is 0.462 e. The van der Waals surface area contributed by atoms with Gasteiger partial charge in [0.15, 0.2) is 0 Å². The van der Waals surface area contributed by atoms with Gasteiger partial charge in [0.1, 0.15) is 23.5 Å². The fourth-order valence-electron chi connectivity index (χ4n) is 4.89. The standard InChI is InChI=1S/C25H31N5O5/c1-4-16-10-12-25(13-11-16)23(33)30(24(34)29-25)14-19(31)28-21-20(22(32)35-5-2)15(3)26-17-8-6-7-9-18(17)27-21/h6-9,16,26H,4-5,10-14H2,1-3H3,(H,29,34)(H,27,28,31). The number of para-hydroxylation sites is 2. The van der Waals surface area contributed by atoms with Gasteiger partial charge >= 0.3 is 12.0 Å². The summed E-state index contributed by atoms with van der Waals surface area (Å²) in [6.07, 6.45) is 3.90. The number of benzene rings is 1. The van der Waals surface area contributed by atoms with Crippen molar-refractivity contribution in [2.45, 2.75) is 58.4 Å². The van der Waals surface area contributed by atoms with E-state index in [4.69, 9.17) is 4.74 Å². The number of esters is 1. The third-order valence-electron chi connectivity index (χ3n) is 6.89. The molecule has 10 heteroatoms. The van der Waals surface area contributed by atoms with Gasteiger partial charge in [0.25, 0.3) is 5.91 Å². The lowest BCUT2D eigenvalue weighted by atomic mass is 9.75. The molecular formula is C25H31N5O5. The number of imide groups is 1. The van der Waals surface area contributed by atoms with Crippen molar-refractivity contribution >= 4 is 41.0 Å². The second-order valence-electron chi connectivity index (χ2n) is 9.13. The number of rotatable bonds is 5. The number of allylic oxidation sites excluding steroid dienone is 1. The number of carbonyl (C=O) groups is 4. The van der Waals surface area contributed by atoms with Gasteiger partial charge in [-0.1, -0.05) is 25.5 Å². The van der Waals surface area contributed by atoms with Gasteiger partial charge in [-0.15, -0.1) is 0 Å². The van der Waals surface area contributed by atoms with Crippen LogP contribution in [0.25, 0.3) is 0 Å². The van der Waals surface area contributed by atoms with Crippen molar-refractivity contribution in [2.24, 2.45) is 10.9 Å². The first-order chi connectivity index (χ1) is 16.8. The van der Waals surface area contributed by atoms with Crippen LogP contribution < -0.4 is 16.0 Å². The molecule has 10 nitrogen and oxygen atoms in total. The quantitative estimate of drug-likeness (QED) is 0.438. The Bertz CT molecular complexity index is 1120. The van der Waals surface area contributed by atoms with Crippen molar-refractivity contribution < 1.29 is 23.9 Å². The van der Waals surface area contributed by atoms with Gasteiger partial charge in [-0.3, -0.25) is 14.5 Å². The molecule has 186 valence electrons. The Labute approximate surface area is 204 Å². The molecule has 1 aromatic carbocycles. The lowest BCUT2D eigenvalue weighted by Crippen LogP contribution is -2.50. The molecule has 2 heterocycles. The highest BCUT2D eigenvalue weighted by Gasteiger charge is 2.52. The fourth-order valence-corrected chi connectivity index (χ4v) is 4.89. The summed E-state index contributed by atoms with van der Waals surface area (Å²) in [5.74, 6) is -1.12. The number of carbonyl (C=O) groups excluding carboxylic acids is 4. The number of anilines is 1. The topological polar surface area (TPSA) is 129 Å². The molecule has 1 spiro atoms. The number of nitrogens with zero attached hydrogens (tertiary/aromatic N) is 2. The molecule has 2 aliphatic heterocycles. The summed E-state index contributed by atoms with van der Waals surface area (Å²) >= 11 is 0. The van der Waals surface area contributed by atoms with E-state index in [1.807, 2.05) is 6.07 Å². The van der Waals surface area contributed by atoms with E-state index in [0.29, 0.717) is 35.8 Å². The Kier molecular flexibility index (Phi) is 6.90. The number of ether oxygens (including phenoxy) is 1. The Morgan fingerprint density at radius 2 is 1.91 bits per heavy atom. The first kappa shape index (κ1) is 24.4. The van der Waals surface area contributed by atoms with Crippen LogP contribution in [0.2, 0.25) is 0 Å². The highest BCUT2D eigenvalue weighted by Crippen LogP contribution is 2.37. The molecular weight excluding hydrogens is 450 g/mol. The van der Waals surface area contributed by atoms with Crippen molar-refractivity contribution in [3.63, 3.8) is 0 Å². The van der Waals surface area contributed by atoms with Crippen LogP contribution >= 0.6 is 0 Å². The highest BCUT2D eigenvalue weighted by atomic mass is 16.5. The average Bonchev–Trinajstić information content (AvgIpc) is 2.96. The first-order valence-corrected chi connectivity index (χ1v) is 12.0. The number of amidine groups is 1. The van der Waals surface area contributed by atoms with E-state index >= 15 is 0 Å². The predicted octanol–water partition coefficient (Wildman–Crippen LogP) is 2.99. The summed E-state index contributed by atoms with van der Waals surface area (Å²) in [5, 5.41) is 8.60. The van der Waals surface area contributed by atoms with E-state index in [1.54, 1.807) is 32.0 Å². The summed E-state index contributed by atoms with van der Waals surface area (Å²) in [6, 6.07) is 6.57. The number of nitrogens with one attached hydrogen (secondary N) is 3. The third-order valence-corrected chi connectivity index (χ3v) is 6.89. The number of hydrogen-bond donors (Lipinski definition) is 3. The summed E-state index contributed by atoms with van der Waals surface area (Å²) in [7, 11) is 0. The number of fused-ring (bicyclic) bond motifs is 1. The van der Waals surface area contributed by atoms with Gasteiger partial charge < -0.3 is 20.7 Å². The number of hydrogen-bond acceptors (Lipinski definition) is 7. The molecule has 4 amide bonds. The molecule has 0 bridgehead atoms. The minimum Gasteiger partial charge on any atom is -0.462 e. The molecule has 0 aromatic heterocycles. The molecule has 3 aliphatic rings. The lowest BCUT2D eigenvalue weighted by molar-refractivity contribution is -0.138. The zero-order valence-electron chi connectivity index (χ0n) is 20.3. The fraction of sp³-hybridized carbons (Fsp3) is 0.480. The van der Waals surface area contributed by atoms with E-state index in [0.717, 1.165) is 24.2 Å². The van der Waals surface area contributed by atoms with Crippen molar-refractivity contribution in [3.8, 4) is 0 Å². The minimum atomic E-state index is -0.932. The van der Waals surface area contributed by atoms with Crippen LogP contribution in [0.5, 0.6) is 0 Å². The normalized spacial score (nSPS) is 23.8. The van der Waals surface area contributed by atoms with Gasteiger partial charge in [0.05, 0.1) is 18.0 Å². The Balaban J connectivity index is 1.54. The summed E-state index contributed by atoms with van der Waals surface area (Å²) in [5.41, 5.74) is 0.771. The number of aliphatic imine (C=N–C) groups is 1. The van der Waals surface area contributed by atoms with Gasteiger partial charge in [0.2, 0.25) is 5.91 Å². The SMILES string of the molecule is CCOC(=O)C1=C(C)Nc2ccccc2N=C1NC(=O)CN1C(=O)NC2(CCC(CC)CC2)C1=O. The minimum absolute atomic E-state index is 0.00591. The van der Waals surface area contributed by atoms with E-state index in [2.05, 4.69) is 27.9 Å². The molecule has 3 N–H and O–H groups in total. The Hall–Kier alpha value is -3.69. The first-order valence-electron chi connectivity index (χ1n) is 12.0. The smallest absolute Gasteiger partial charge is 0.343 e. The molecule has 2 fully saturated rings. The number of urea groups is 1. The highest BCUT2D eigenvalue weighted by molar-refractivity contribution is 6.25. The predicted molar refractivity (Wildman–Crippen MR) is 130 cm³/mol. The summed E-state index contributed by atoms with van der Waals surface area (Å²) in [6.45, 7) is 5.16. The van der Waals surface area contributed by atoms with Crippen LogP contribution in [0.3, 0.4) is 0 Å². The second-order valence-corrected chi connectivity index (χ2v) is 9.13. The van der Waals surface area contributed by atoms with E-state index < -0.39 is 30.0 Å². The van der Waals surface area contributed by atoms with Crippen LogP contribution in [0, 0.1) is 5.92 Å². The maximum Gasteiger partial charge on any atom is 0.343 e. The van der Waals surface area contributed by atoms with E-state index in [-0.39, 0.29) is 23.9 Å². The zero-order valence-corrected chi connectivity index (χ0v) is 20.3. The molecule has 0 atom stereocenters. The molecule has 1 saturated carbocycles. The third kappa shape index (κ3) is 4.78. The molecule has 1 aromatic rings. The molecule has 1 aliphatic carbocycles. The maximum atomic E-state index is 13.2. The van der Waals surface area contributed by atoms with Crippen LogP contribution in [-0.4, -0.2) is 53.2 Å². The van der Waals surface area contributed by atoms with Crippen molar-refractivity contribution in [3.05, 3.63) is 35.5 Å². The van der Waals surface area contributed by atoms with Gasteiger partial charge in [0, 0.05) is 5.70 Å². The molecule has 0 radical (unpaired) electrons. The lowest BCUT2D eigenvalue weighted by Gasteiger charge is -2.34. The van der Waals surface area contributed by atoms with Crippen LogP contribution in [0.15, 0.2) is 40.5 Å². The molecule has 4 rings (SSSR count).